The van der Waals surface area contributed by atoms with Gasteiger partial charge in [-0.05, 0) is 67.5 Å². The number of ether oxygens (including phenoxy) is 1. The second-order valence-electron chi connectivity index (χ2n) is 12.4. The Hall–Kier alpha value is -5.32. The Bertz CT molecular complexity index is 1730. The molecule has 0 spiro atoms. The van der Waals surface area contributed by atoms with Gasteiger partial charge in [0.2, 0.25) is 5.91 Å². The van der Waals surface area contributed by atoms with Gasteiger partial charge in [-0.3, -0.25) is 24.3 Å². The number of carbonyl (C=O) groups is 4. The quantitative estimate of drug-likeness (QED) is 0.226. The summed E-state index contributed by atoms with van der Waals surface area (Å²) in [5, 5.41) is 2.88. The van der Waals surface area contributed by atoms with Gasteiger partial charge in [-0.15, -0.1) is 0 Å². The number of pyridine rings is 1. The Kier molecular flexibility index (Phi) is 11.9. The molecule has 2 aromatic carbocycles. The van der Waals surface area contributed by atoms with Crippen molar-refractivity contribution in [2.75, 3.05) is 25.0 Å². The minimum atomic E-state index is -0.514. The largest absolute Gasteiger partial charge is 0.445 e. The minimum Gasteiger partial charge on any atom is -0.445 e. The number of hydrogen-bond donors (Lipinski definition) is 2. The maximum Gasteiger partial charge on any atom is 0.410 e. The molecule has 11 heteroatoms. The molecule has 11 nitrogen and oxygen atoms in total. The molecule has 0 unspecified atom stereocenters. The van der Waals surface area contributed by atoms with Gasteiger partial charge in [0.05, 0.1) is 23.6 Å². The molecule has 1 atom stereocenters. The maximum absolute atomic E-state index is 13.3. The lowest BCUT2D eigenvalue weighted by atomic mass is 10.0. The molecular weight excluding hydrogens is 620 g/mol. The first-order valence-corrected chi connectivity index (χ1v) is 17.0. The predicted octanol–water partition coefficient (Wildman–Crippen LogP) is 6.06. The van der Waals surface area contributed by atoms with Crippen LogP contribution in [-0.4, -0.2) is 70.0 Å². The van der Waals surface area contributed by atoms with Crippen molar-refractivity contribution in [1.29, 1.82) is 0 Å². The molecule has 5 rings (SSSR count). The van der Waals surface area contributed by atoms with E-state index in [0.29, 0.717) is 66.4 Å². The van der Waals surface area contributed by atoms with Crippen molar-refractivity contribution < 1.29 is 23.9 Å². The van der Waals surface area contributed by atoms with E-state index in [1.54, 1.807) is 36.7 Å². The lowest BCUT2D eigenvalue weighted by molar-refractivity contribution is -0.127. The summed E-state index contributed by atoms with van der Waals surface area (Å²) in [6, 6.07) is 15.8. The number of hydrogen-bond acceptors (Lipinski definition) is 8. The smallest absolute Gasteiger partial charge is 0.410 e. The van der Waals surface area contributed by atoms with Crippen LogP contribution in [0.5, 0.6) is 0 Å². The van der Waals surface area contributed by atoms with E-state index < -0.39 is 12.1 Å². The van der Waals surface area contributed by atoms with Crippen LogP contribution < -0.4 is 11.1 Å². The SMILES string of the molecule is CCCN(CCC)C(=O)C1=Cc2ccc(C(=O)Nc3cncc(CCC(=O)[C@@H]4CCCN4C(=O)OCc4ccccc4)c3)cc2N=C(N)C1. The van der Waals surface area contributed by atoms with Crippen LogP contribution in [0.2, 0.25) is 0 Å². The van der Waals surface area contributed by atoms with Crippen LogP contribution in [-0.2, 0) is 27.4 Å². The molecule has 1 fully saturated rings. The monoisotopic (exact) mass is 664 g/mol. The minimum absolute atomic E-state index is 0.0317. The number of aryl methyl sites for hydroxylation is 1. The number of Topliss-reactive ketones (excluding diaryl/α,β-unsaturated/α-hetero) is 1. The molecule has 3 aromatic rings. The summed E-state index contributed by atoms with van der Waals surface area (Å²) < 4.78 is 5.48. The fraction of sp³-hybridized carbons (Fsp3) is 0.368. The second kappa shape index (κ2) is 16.7. The van der Waals surface area contributed by atoms with Gasteiger partial charge in [-0.2, -0.15) is 0 Å². The molecular formula is C38H44N6O5. The van der Waals surface area contributed by atoms with Crippen LogP contribution in [0.3, 0.4) is 0 Å². The lowest BCUT2D eigenvalue weighted by Crippen LogP contribution is -2.40. The standard InChI is InChI=1S/C38H44N6O5/c1-3-16-43(17-4-2)37(47)30-20-28-13-14-29(21-32(28)42-35(39)22-30)36(46)41-31-19-27(23-40-24-31)12-15-34(45)33-11-8-18-44(33)38(48)49-25-26-9-6-5-7-10-26/h5-7,9-10,13-14,19-21,23-24,33H,3-4,8,11-12,15-18,22,25H2,1-2H3,(H2,39,42)(H,41,46)/t33-/m0/s1. The molecule has 256 valence electrons. The van der Waals surface area contributed by atoms with Gasteiger partial charge < -0.3 is 20.7 Å². The number of likely N-dealkylation sites (tertiary alicyclic amines) is 1. The van der Waals surface area contributed by atoms with Crippen molar-refractivity contribution in [2.45, 2.75) is 71.4 Å². The number of nitrogens with zero attached hydrogens (tertiary/aromatic N) is 4. The summed E-state index contributed by atoms with van der Waals surface area (Å²) in [4.78, 5) is 64.7. The Morgan fingerprint density at radius 1 is 1.00 bits per heavy atom. The molecule has 0 radical (unpaired) electrons. The number of fused-ring (bicyclic) bond motifs is 1. The lowest BCUT2D eigenvalue weighted by Gasteiger charge is -2.23. The van der Waals surface area contributed by atoms with Crippen LogP contribution in [0.4, 0.5) is 16.2 Å². The molecule has 1 saturated heterocycles. The average Bonchev–Trinajstić information content (AvgIpc) is 3.54. The molecule has 2 aliphatic rings. The highest BCUT2D eigenvalue weighted by atomic mass is 16.6. The third kappa shape index (κ3) is 9.19. The van der Waals surface area contributed by atoms with Crippen molar-refractivity contribution in [3.63, 3.8) is 0 Å². The number of carbonyl (C=O) groups excluding carboxylic acids is 4. The average molecular weight is 665 g/mol. The topological polar surface area (TPSA) is 147 Å². The van der Waals surface area contributed by atoms with E-state index in [9.17, 15) is 19.2 Å². The van der Waals surface area contributed by atoms with Crippen LogP contribution in [0.25, 0.3) is 6.08 Å². The number of ketones is 1. The van der Waals surface area contributed by atoms with E-state index in [1.807, 2.05) is 55.2 Å². The molecule has 2 aliphatic heterocycles. The number of aromatic nitrogens is 1. The Balaban J connectivity index is 1.19. The van der Waals surface area contributed by atoms with Crippen LogP contribution >= 0.6 is 0 Å². The number of benzene rings is 2. The first-order chi connectivity index (χ1) is 23.7. The summed E-state index contributed by atoms with van der Waals surface area (Å²) in [5.41, 5.74) is 10.6. The van der Waals surface area contributed by atoms with Gasteiger partial charge >= 0.3 is 6.09 Å². The Morgan fingerprint density at radius 2 is 1.78 bits per heavy atom. The number of nitrogens with one attached hydrogen (secondary N) is 1. The molecule has 49 heavy (non-hydrogen) atoms. The van der Waals surface area contributed by atoms with E-state index in [-0.39, 0.29) is 37.0 Å². The normalized spacial score (nSPS) is 15.4. The Labute approximate surface area is 287 Å². The van der Waals surface area contributed by atoms with Gasteiger partial charge in [0.15, 0.2) is 5.78 Å². The fourth-order valence-electron chi connectivity index (χ4n) is 6.18. The molecule has 0 bridgehead atoms. The Morgan fingerprint density at radius 3 is 2.53 bits per heavy atom. The van der Waals surface area contributed by atoms with Gasteiger partial charge in [-0.25, -0.2) is 9.79 Å². The van der Waals surface area contributed by atoms with E-state index in [2.05, 4.69) is 15.3 Å². The van der Waals surface area contributed by atoms with Crippen LogP contribution in [0.1, 0.15) is 79.4 Å². The maximum atomic E-state index is 13.3. The van der Waals surface area contributed by atoms with Crippen LogP contribution in [0, 0.1) is 0 Å². The number of anilines is 1. The van der Waals surface area contributed by atoms with Crippen molar-refractivity contribution in [3.05, 3.63) is 94.8 Å². The zero-order valence-corrected chi connectivity index (χ0v) is 28.2. The van der Waals surface area contributed by atoms with Gasteiger partial charge in [0.1, 0.15) is 12.4 Å². The number of amidine groups is 1. The zero-order chi connectivity index (χ0) is 34.8. The van der Waals surface area contributed by atoms with Crippen LogP contribution in [0.15, 0.2) is 77.6 Å². The summed E-state index contributed by atoms with van der Waals surface area (Å²) in [5.74, 6) is -0.132. The van der Waals surface area contributed by atoms with E-state index >= 15 is 0 Å². The second-order valence-corrected chi connectivity index (χ2v) is 12.4. The van der Waals surface area contributed by atoms with E-state index in [1.165, 1.54) is 4.90 Å². The van der Waals surface area contributed by atoms with Crippen molar-refractivity contribution in [3.8, 4) is 0 Å². The number of aliphatic imine (C=N–C) groups is 1. The summed E-state index contributed by atoms with van der Waals surface area (Å²) in [7, 11) is 0. The first kappa shape index (κ1) is 35.0. The summed E-state index contributed by atoms with van der Waals surface area (Å²) in [6.07, 6.45) is 8.48. The molecule has 0 saturated carbocycles. The molecule has 3 amide bonds. The van der Waals surface area contributed by atoms with Crippen molar-refractivity contribution in [1.82, 2.24) is 14.8 Å². The highest BCUT2D eigenvalue weighted by molar-refractivity contribution is 6.08. The van der Waals surface area contributed by atoms with Crippen molar-refractivity contribution >= 4 is 47.0 Å². The van der Waals surface area contributed by atoms with Gasteiger partial charge in [0.25, 0.3) is 5.91 Å². The summed E-state index contributed by atoms with van der Waals surface area (Å²) in [6.45, 7) is 6.07. The third-order valence-corrected chi connectivity index (χ3v) is 8.58. The highest BCUT2D eigenvalue weighted by Crippen LogP contribution is 2.29. The van der Waals surface area contributed by atoms with Gasteiger partial charge in [-0.1, -0.05) is 50.2 Å². The molecule has 3 N–H and O–H groups in total. The molecule has 3 heterocycles. The summed E-state index contributed by atoms with van der Waals surface area (Å²) >= 11 is 0. The number of rotatable bonds is 13. The van der Waals surface area contributed by atoms with E-state index in [0.717, 1.165) is 30.4 Å². The highest BCUT2D eigenvalue weighted by Gasteiger charge is 2.34. The zero-order valence-electron chi connectivity index (χ0n) is 28.2. The molecule has 0 aliphatic carbocycles. The van der Waals surface area contributed by atoms with Crippen molar-refractivity contribution in [2.24, 2.45) is 10.7 Å². The van der Waals surface area contributed by atoms with E-state index in [4.69, 9.17) is 10.5 Å². The predicted molar refractivity (Wildman–Crippen MR) is 189 cm³/mol. The third-order valence-electron chi connectivity index (χ3n) is 8.58. The first-order valence-electron chi connectivity index (χ1n) is 17.0. The number of nitrogens with two attached hydrogens (primary N) is 1. The van der Waals surface area contributed by atoms with Gasteiger partial charge in [0, 0.05) is 55.4 Å². The number of amides is 3. The fourth-order valence-corrected chi connectivity index (χ4v) is 6.18. The molecule has 1 aromatic heterocycles.